The van der Waals surface area contributed by atoms with Crippen LogP contribution in [0.2, 0.25) is 0 Å². The molecule has 0 radical (unpaired) electrons. The number of aryl methyl sites for hydroxylation is 2. The van der Waals surface area contributed by atoms with E-state index in [1.807, 2.05) is 38.1 Å². The van der Waals surface area contributed by atoms with E-state index in [-0.39, 0.29) is 18.9 Å². The molecule has 2 atom stereocenters. The predicted molar refractivity (Wildman–Crippen MR) is 77.4 cm³/mol. The average molecular weight is 287 g/mol. The molecular weight excluding hydrogens is 270 g/mol. The lowest BCUT2D eigenvalue weighted by Crippen LogP contribution is -2.34. The van der Waals surface area contributed by atoms with Crippen LogP contribution in [0.25, 0.3) is 0 Å². The van der Waals surface area contributed by atoms with Crippen molar-refractivity contribution >= 4 is 11.6 Å². The first-order valence-electron chi connectivity index (χ1n) is 6.84. The number of nitro groups is 1. The lowest BCUT2D eigenvalue weighted by Gasteiger charge is -2.22. The first kappa shape index (κ1) is 15.0. The van der Waals surface area contributed by atoms with Crippen LogP contribution in [0.1, 0.15) is 24.0 Å². The zero-order chi connectivity index (χ0) is 15.6. The van der Waals surface area contributed by atoms with E-state index >= 15 is 0 Å². The van der Waals surface area contributed by atoms with Crippen molar-refractivity contribution in [3.63, 3.8) is 0 Å². The highest BCUT2D eigenvalue weighted by molar-refractivity contribution is 5.97. The van der Waals surface area contributed by atoms with Crippen molar-refractivity contribution in [3.8, 4) is 6.07 Å². The van der Waals surface area contributed by atoms with Crippen molar-refractivity contribution < 1.29 is 9.72 Å². The molecule has 6 nitrogen and oxygen atoms in total. The molecule has 1 saturated carbocycles. The Labute approximate surface area is 123 Å². The molecule has 0 aliphatic heterocycles. The van der Waals surface area contributed by atoms with Gasteiger partial charge < -0.3 is 4.90 Å². The van der Waals surface area contributed by atoms with Crippen molar-refractivity contribution in [2.75, 3.05) is 11.4 Å². The lowest BCUT2D eigenvalue weighted by atomic mass is 10.1. The third-order valence-electron chi connectivity index (χ3n) is 3.86. The Hall–Kier alpha value is -2.42. The summed E-state index contributed by atoms with van der Waals surface area (Å²) in [5, 5.41) is 19.5. The predicted octanol–water partition coefficient (Wildman–Crippen LogP) is 2.22. The highest BCUT2D eigenvalue weighted by atomic mass is 16.6. The van der Waals surface area contributed by atoms with Crippen molar-refractivity contribution in [1.29, 1.82) is 5.26 Å². The molecule has 0 N–H and O–H groups in total. The number of carbonyl (C=O) groups is 1. The quantitative estimate of drug-likeness (QED) is 0.613. The Kier molecular flexibility index (Phi) is 4.22. The summed E-state index contributed by atoms with van der Waals surface area (Å²) < 4.78 is 0. The van der Waals surface area contributed by atoms with Crippen molar-refractivity contribution in [3.05, 3.63) is 39.4 Å². The number of benzene rings is 1. The van der Waals surface area contributed by atoms with Gasteiger partial charge >= 0.3 is 0 Å². The fourth-order valence-electron chi connectivity index (χ4n) is 2.30. The second-order valence-electron chi connectivity index (χ2n) is 5.36. The smallest absolute Gasteiger partial charge is 0.237 e. The van der Waals surface area contributed by atoms with Gasteiger partial charge in [-0.25, -0.2) is 0 Å². The van der Waals surface area contributed by atoms with Crippen LogP contribution in [0, 0.1) is 41.2 Å². The molecule has 1 aliphatic carbocycles. The van der Waals surface area contributed by atoms with Crippen LogP contribution in [0.15, 0.2) is 18.2 Å². The van der Waals surface area contributed by atoms with E-state index in [2.05, 4.69) is 0 Å². The van der Waals surface area contributed by atoms with Gasteiger partial charge in [-0.15, -0.1) is 0 Å². The molecule has 6 heteroatoms. The maximum Gasteiger partial charge on any atom is 0.237 e. The minimum absolute atomic E-state index is 0.203. The van der Waals surface area contributed by atoms with E-state index in [4.69, 9.17) is 5.26 Å². The summed E-state index contributed by atoms with van der Waals surface area (Å²) >= 11 is 0. The molecule has 0 heterocycles. The van der Waals surface area contributed by atoms with Gasteiger partial charge in [-0.3, -0.25) is 14.9 Å². The highest BCUT2D eigenvalue weighted by Crippen LogP contribution is 2.36. The molecule has 1 aromatic carbocycles. The molecule has 1 aromatic rings. The number of hydrogen-bond acceptors (Lipinski definition) is 4. The van der Waals surface area contributed by atoms with E-state index in [1.54, 1.807) is 0 Å². The third kappa shape index (κ3) is 3.19. The maximum atomic E-state index is 12.4. The first-order chi connectivity index (χ1) is 9.95. The molecule has 0 bridgehead atoms. The monoisotopic (exact) mass is 287 g/mol. The molecule has 0 aromatic heterocycles. The van der Waals surface area contributed by atoms with Gasteiger partial charge in [0.15, 0.2) is 0 Å². The van der Waals surface area contributed by atoms with Crippen LogP contribution in [-0.2, 0) is 4.79 Å². The second kappa shape index (κ2) is 5.92. The van der Waals surface area contributed by atoms with Gasteiger partial charge in [-0.1, -0.05) is 6.07 Å². The van der Waals surface area contributed by atoms with Gasteiger partial charge in [0.25, 0.3) is 0 Å². The molecule has 0 unspecified atom stereocenters. The van der Waals surface area contributed by atoms with Crippen LogP contribution < -0.4 is 4.90 Å². The SMILES string of the molecule is Cc1ccc(N(CCC#N)C(=O)[C@H]2C[C@H]2[N+](=O)[O-])cc1C. The molecule has 0 spiro atoms. The van der Waals surface area contributed by atoms with Crippen LogP contribution in [0.5, 0.6) is 0 Å². The van der Waals surface area contributed by atoms with Crippen LogP contribution >= 0.6 is 0 Å². The topological polar surface area (TPSA) is 87.2 Å². The molecule has 21 heavy (non-hydrogen) atoms. The van der Waals surface area contributed by atoms with Gasteiger partial charge in [0, 0.05) is 23.6 Å². The Bertz CT molecular complexity index is 621. The molecule has 0 saturated heterocycles. The summed E-state index contributed by atoms with van der Waals surface area (Å²) in [6, 6.07) is 6.86. The number of anilines is 1. The minimum Gasteiger partial charge on any atom is -0.311 e. The van der Waals surface area contributed by atoms with E-state index in [1.165, 1.54) is 4.90 Å². The molecule has 1 amide bonds. The highest BCUT2D eigenvalue weighted by Gasteiger charge is 2.54. The van der Waals surface area contributed by atoms with E-state index in [0.29, 0.717) is 12.1 Å². The average Bonchev–Trinajstić information content (AvgIpc) is 3.23. The summed E-state index contributed by atoms with van der Waals surface area (Å²) in [6.45, 7) is 4.19. The number of carbonyl (C=O) groups excluding carboxylic acids is 1. The van der Waals surface area contributed by atoms with Gasteiger partial charge in [-0.2, -0.15) is 5.26 Å². The van der Waals surface area contributed by atoms with Crippen LogP contribution in [0.4, 0.5) is 5.69 Å². The molecular formula is C15H17N3O3. The molecule has 110 valence electrons. The molecule has 2 rings (SSSR count). The van der Waals surface area contributed by atoms with Crippen molar-refractivity contribution in [2.45, 2.75) is 32.7 Å². The second-order valence-corrected chi connectivity index (χ2v) is 5.36. The van der Waals surface area contributed by atoms with E-state index in [0.717, 1.165) is 11.1 Å². The van der Waals surface area contributed by atoms with Gasteiger partial charge in [0.1, 0.15) is 5.92 Å². The number of hydrogen-bond donors (Lipinski definition) is 0. The Morgan fingerprint density at radius 3 is 2.71 bits per heavy atom. The molecule has 1 fully saturated rings. The number of nitrogens with zero attached hydrogens (tertiary/aromatic N) is 3. The lowest BCUT2D eigenvalue weighted by molar-refractivity contribution is -0.497. The van der Waals surface area contributed by atoms with Crippen LogP contribution in [-0.4, -0.2) is 23.4 Å². The number of rotatable bonds is 5. The zero-order valence-corrected chi connectivity index (χ0v) is 12.1. The standard InChI is InChI=1S/C15H17N3O3/c1-10-4-5-12(8-11(10)2)17(7-3-6-16)15(19)13-9-14(13)18(20)21/h4-5,8,13-14H,3,7,9H2,1-2H3/t13-,14+/m0/s1. The van der Waals surface area contributed by atoms with Crippen molar-refractivity contribution in [2.24, 2.45) is 5.92 Å². The summed E-state index contributed by atoms with van der Waals surface area (Å²) in [7, 11) is 0. The largest absolute Gasteiger partial charge is 0.311 e. The normalized spacial score (nSPS) is 19.7. The summed E-state index contributed by atoms with van der Waals surface area (Å²) in [6.07, 6.45) is 0.494. The summed E-state index contributed by atoms with van der Waals surface area (Å²) in [4.78, 5) is 24.3. The Balaban J connectivity index is 2.22. The molecule has 1 aliphatic rings. The fourth-order valence-corrected chi connectivity index (χ4v) is 2.30. The third-order valence-corrected chi connectivity index (χ3v) is 3.86. The maximum absolute atomic E-state index is 12.4. The number of amides is 1. The zero-order valence-electron chi connectivity index (χ0n) is 12.1. The van der Waals surface area contributed by atoms with E-state index < -0.39 is 16.9 Å². The van der Waals surface area contributed by atoms with Gasteiger partial charge in [0.05, 0.1) is 12.5 Å². The van der Waals surface area contributed by atoms with Crippen LogP contribution in [0.3, 0.4) is 0 Å². The van der Waals surface area contributed by atoms with Crippen molar-refractivity contribution in [1.82, 2.24) is 0 Å². The fraction of sp³-hybridized carbons (Fsp3) is 0.467. The Morgan fingerprint density at radius 2 is 2.19 bits per heavy atom. The van der Waals surface area contributed by atoms with Gasteiger partial charge in [-0.05, 0) is 37.1 Å². The minimum atomic E-state index is -0.770. The Morgan fingerprint density at radius 1 is 1.48 bits per heavy atom. The number of nitriles is 1. The van der Waals surface area contributed by atoms with E-state index in [9.17, 15) is 14.9 Å². The first-order valence-corrected chi connectivity index (χ1v) is 6.84. The van der Waals surface area contributed by atoms with Gasteiger partial charge in [0.2, 0.25) is 11.9 Å². The summed E-state index contributed by atoms with van der Waals surface area (Å²) in [5.41, 5.74) is 2.86. The summed E-state index contributed by atoms with van der Waals surface area (Å²) in [5.74, 6) is -0.810.